The lowest BCUT2D eigenvalue weighted by atomic mass is 9.91. The number of rotatable bonds is 10. The maximum Gasteiger partial charge on any atom is 0.0533 e. The number of benzene rings is 7. The molecular weight excluding hydrogens is 663 g/mol. The number of hydrogen-bond donors (Lipinski definition) is 0. The van der Waals surface area contributed by atoms with Crippen LogP contribution in [0.1, 0.15) is 68.5 Å². The molecule has 0 heterocycles. The molecule has 7 aromatic carbocycles. The fraction of sp³-hybridized carbons (Fsp3) is 0.111. The molecular formula is C54H47N. The van der Waals surface area contributed by atoms with Gasteiger partial charge in [-0.25, -0.2) is 0 Å². The Morgan fingerprint density at radius 2 is 1.04 bits per heavy atom. The van der Waals surface area contributed by atoms with Crippen LogP contribution >= 0.6 is 0 Å². The Morgan fingerprint density at radius 3 is 1.69 bits per heavy atom. The molecule has 0 radical (unpaired) electrons. The summed E-state index contributed by atoms with van der Waals surface area (Å²) in [4.78, 5) is 2.45. The highest BCUT2D eigenvalue weighted by Crippen LogP contribution is 2.40. The molecule has 1 aliphatic carbocycles. The van der Waals surface area contributed by atoms with Gasteiger partial charge in [-0.05, 0) is 132 Å². The molecule has 0 unspecified atom stereocenters. The van der Waals surface area contributed by atoms with E-state index in [-0.39, 0.29) is 0 Å². The Morgan fingerprint density at radius 1 is 0.473 bits per heavy atom. The summed E-state index contributed by atoms with van der Waals surface area (Å²) in [6.45, 7) is 4.29. The Bertz CT molecular complexity index is 2380. The van der Waals surface area contributed by atoms with Crippen LogP contribution in [-0.4, -0.2) is 0 Å². The zero-order valence-corrected chi connectivity index (χ0v) is 31.8. The molecule has 7 aromatic rings. The molecule has 0 aliphatic heterocycles. The lowest BCUT2D eigenvalue weighted by molar-refractivity contribution is 0.685. The van der Waals surface area contributed by atoms with E-state index >= 15 is 0 Å². The van der Waals surface area contributed by atoms with Gasteiger partial charge in [0.25, 0.3) is 0 Å². The Hall–Kier alpha value is -6.44. The quantitative estimate of drug-likeness (QED) is 0.101. The molecule has 0 saturated carbocycles. The van der Waals surface area contributed by atoms with Gasteiger partial charge in [-0.15, -0.1) is 0 Å². The summed E-state index contributed by atoms with van der Waals surface area (Å²) in [5.41, 5.74) is 18.4. The first kappa shape index (κ1) is 35.6. The molecule has 0 saturated heterocycles. The number of para-hydroxylation sites is 1. The average molecular weight is 710 g/mol. The van der Waals surface area contributed by atoms with Crippen molar-refractivity contribution in [3.8, 4) is 0 Å². The lowest BCUT2D eigenvalue weighted by Gasteiger charge is -2.29. The average Bonchev–Trinajstić information content (AvgIpc) is 3.24. The fourth-order valence-electron chi connectivity index (χ4n) is 7.68. The standard InChI is InChI=1S/C54H47N/c1-40-27-31-46(32-28-40)53(47-33-29-41(2)30-34-47)38-42-15-13-24-50(37-42)55(51-36-35-43-16-9-10-22-49(43)39-51)54-26-12-11-21-48(54)23-14-25-52(44-17-5-3-6-18-44)45-19-7-4-8-20-45/h3-8,11-15,17-21,23-39H,9-10,16,22H2,1-2H3/b23-14+. The molecule has 0 N–H and O–H groups in total. The predicted molar refractivity (Wildman–Crippen MR) is 236 cm³/mol. The molecule has 268 valence electrons. The summed E-state index contributed by atoms with van der Waals surface area (Å²) in [5.74, 6) is 0. The van der Waals surface area contributed by atoms with Crippen LogP contribution in [0.15, 0.2) is 188 Å². The van der Waals surface area contributed by atoms with Crippen molar-refractivity contribution >= 4 is 40.4 Å². The van der Waals surface area contributed by atoms with Crippen LogP contribution in [0.4, 0.5) is 17.1 Å². The highest BCUT2D eigenvalue weighted by atomic mass is 15.1. The van der Waals surface area contributed by atoms with Gasteiger partial charge in [-0.1, -0.05) is 175 Å². The summed E-state index contributed by atoms with van der Waals surface area (Å²) in [6.07, 6.45) is 13.8. The van der Waals surface area contributed by atoms with Crippen LogP contribution in [0, 0.1) is 13.8 Å². The first-order valence-corrected chi connectivity index (χ1v) is 19.6. The molecule has 1 nitrogen and oxygen atoms in total. The first-order valence-electron chi connectivity index (χ1n) is 19.6. The van der Waals surface area contributed by atoms with Gasteiger partial charge in [-0.3, -0.25) is 0 Å². The van der Waals surface area contributed by atoms with Crippen molar-refractivity contribution in [2.75, 3.05) is 4.90 Å². The number of aryl methyl sites for hydroxylation is 4. The van der Waals surface area contributed by atoms with Crippen LogP contribution in [0.2, 0.25) is 0 Å². The fourth-order valence-corrected chi connectivity index (χ4v) is 7.68. The molecule has 0 atom stereocenters. The third kappa shape index (κ3) is 8.38. The van der Waals surface area contributed by atoms with E-state index in [1.54, 1.807) is 0 Å². The highest BCUT2D eigenvalue weighted by molar-refractivity contribution is 5.93. The number of allylic oxidation sites excluding steroid dienone is 2. The third-order valence-electron chi connectivity index (χ3n) is 10.6. The van der Waals surface area contributed by atoms with Gasteiger partial charge in [0.15, 0.2) is 0 Å². The van der Waals surface area contributed by atoms with Crippen LogP contribution in [0.5, 0.6) is 0 Å². The number of fused-ring (bicyclic) bond motifs is 1. The minimum absolute atomic E-state index is 1.13. The smallest absolute Gasteiger partial charge is 0.0533 e. The molecule has 8 rings (SSSR count). The van der Waals surface area contributed by atoms with E-state index < -0.39 is 0 Å². The third-order valence-corrected chi connectivity index (χ3v) is 10.6. The van der Waals surface area contributed by atoms with E-state index in [0.717, 1.165) is 35.3 Å². The Kier molecular flexibility index (Phi) is 10.8. The van der Waals surface area contributed by atoms with E-state index in [4.69, 9.17) is 0 Å². The second kappa shape index (κ2) is 16.7. The zero-order chi connectivity index (χ0) is 37.4. The maximum atomic E-state index is 2.45. The van der Waals surface area contributed by atoms with Gasteiger partial charge in [0, 0.05) is 11.4 Å². The van der Waals surface area contributed by atoms with E-state index in [9.17, 15) is 0 Å². The zero-order valence-electron chi connectivity index (χ0n) is 31.8. The van der Waals surface area contributed by atoms with Gasteiger partial charge in [0.1, 0.15) is 0 Å². The normalized spacial score (nSPS) is 12.2. The van der Waals surface area contributed by atoms with Crippen LogP contribution < -0.4 is 4.90 Å². The minimum atomic E-state index is 1.13. The van der Waals surface area contributed by atoms with Gasteiger partial charge >= 0.3 is 0 Å². The molecule has 1 aliphatic rings. The number of nitrogens with zero attached hydrogens (tertiary/aromatic N) is 1. The molecule has 0 bridgehead atoms. The van der Waals surface area contributed by atoms with E-state index in [0.29, 0.717) is 0 Å². The molecule has 55 heavy (non-hydrogen) atoms. The molecule has 0 fully saturated rings. The monoisotopic (exact) mass is 709 g/mol. The summed E-state index contributed by atoms with van der Waals surface area (Å²) < 4.78 is 0. The number of anilines is 3. The van der Waals surface area contributed by atoms with Crippen molar-refractivity contribution in [3.05, 3.63) is 244 Å². The van der Waals surface area contributed by atoms with Crippen LogP contribution in [0.25, 0.3) is 23.3 Å². The van der Waals surface area contributed by atoms with E-state index in [1.807, 2.05) is 0 Å². The molecule has 0 amide bonds. The predicted octanol–water partition coefficient (Wildman–Crippen LogP) is 14.4. The van der Waals surface area contributed by atoms with Crippen molar-refractivity contribution in [1.82, 2.24) is 0 Å². The van der Waals surface area contributed by atoms with E-state index in [1.165, 1.54) is 74.2 Å². The van der Waals surface area contributed by atoms with Crippen molar-refractivity contribution in [2.45, 2.75) is 39.5 Å². The molecule has 1 heteroatoms. The van der Waals surface area contributed by atoms with Crippen molar-refractivity contribution in [1.29, 1.82) is 0 Å². The maximum absolute atomic E-state index is 2.45. The number of hydrogen-bond acceptors (Lipinski definition) is 1. The van der Waals surface area contributed by atoms with Gasteiger partial charge in [0.2, 0.25) is 0 Å². The van der Waals surface area contributed by atoms with Gasteiger partial charge in [0.05, 0.1) is 5.69 Å². The SMILES string of the molecule is Cc1ccc(C(=Cc2cccc(N(c3ccc4c(c3)CCCC4)c3ccccc3/C=C/C=C(c3ccccc3)c3ccccc3)c2)c2ccc(C)cc2)cc1. The summed E-state index contributed by atoms with van der Waals surface area (Å²) in [5, 5.41) is 0. The molecule has 0 spiro atoms. The van der Waals surface area contributed by atoms with Crippen LogP contribution in [-0.2, 0) is 12.8 Å². The highest BCUT2D eigenvalue weighted by Gasteiger charge is 2.18. The van der Waals surface area contributed by atoms with E-state index in [2.05, 4.69) is 219 Å². The summed E-state index contributed by atoms with van der Waals surface area (Å²) in [7, 11) is 0. The largest absolute Gasteiger partial charge is 0.310 e. The summed E-state index contributed by atoms with van der Waals surface area (Å²) >= 11 is 0. The van der Waals surface area contributed by atoms with Crippen molar-refractivity contribution in [3.63, 3.8) is 0 Å². The van der Waals surface area contributed by atoms with Crippen molar-refractivity contribution < 1.29 is 0 Å². The van der Waals surface area contributed by atoms with Gasteiger partial charge < -0.3 is 4.90 Å². The Labute approximate surface area is 327 Å². The second-order valence-corrected chi connectivity index (χ2v) is 14.6. The van der Waals surface area contributed by atoms with Crippen LogP contribution in [0.3, 0.4) is 0 Å². The molecule has 0 aromatic heterocycles. The van der Waals surface area contributed by atoms with Gasteiger partial charge in [-0.2, -0.15) is 0 Å². The van der Waals surface area contributed by atoms with Crippen molar-refractivity contribution in [2.24, 2.45) is 0 Å². The first-order chi connectivity index (χ1) is 27.1. The summed E-state index contributed by atoms with van der Waals surface area (Å²) in [6, 6.07) is 64.0. The lowest BCUT2D eigenvalue weighted by Crippen LogP contribution is -2.13. The minimum Gasteiger partial charge on any atom is -0.310 e. The second-order valence-electron chi connectivity index (χ2n) is 14.6. The Balaban J connectivity index is 1.24. The topological polar surface area (TPSA) is 3.24 Å².